The van der Waals surface area contributed by atoms with E-state index in [0.717, 1.165) is 80.0 Å². The lowest BCUT2D eigenvalue weighted by atomic mass is 10.1. The summed E-state index contributed by atoms with van der Waals surface area (Å²) >= 11 is 0. The number of hydrogen-bond donors (Lipinski definition) is 3. The maximum absolute atomic E-state index is 5.79. The zero-order chi connectivity index (χ0) is 23.6. The summed E-state index contributed by atoms with van der Waals surface area (Å²) in [5.41, 5.74) is 2.52. The minimum absolute atomic E-state index is 0.0127. The van der Waals surface area contributed by atoms with Crippen LogP contribution in [0.5, 0.6) is 0 Å². The second-order valence-corrected chi connectivity index (χ2v) is 8.89. The van der Waals surface area contributed by atoms with Crippen LogP contribution in [-0.2, 0) is 0 Å². The summed E-state index contributed by atoms with van der Waals surface area (Å²) < 4.78 is 5.79. The Kier molecular flexibility index (Phi) is 5.75. The molecular formula is C24H28N10O. The fourth-order valence-corrected chi connectivity index (χ4v) is 4.67. The van der Waals surface area contributed by atoms with Crippen molar-refractivity contribution in [2.24, 2.45) is 0 Å². The van der Waals surface area contributed by atoms with E-state index in [1.165, 1.54) is 0 Å². The Morgan fingerprint density at radius 2 is 1.94 bits per heavy atom. The van der Waals surface area contributed by atoms with Gasteiger partial charge in [-0.1, -0.05) is 11.2 Å². The highest BCUT2D eigenvalue weighted by Crippen LogP contribution is 2.37. The van der Waals surface area contributed by atoms with Crippen LogP contribution in [0.4, 0.5) is 23.4 Å². The number of anilines is 4. The highest BCUT2D eigenvalue weighted by Gasteiger charge is 2.32. The molecule has 0 unspecified atom stereocenters. The molecule has 6 rings (SSSR count). The van der Waals surface area contributed by atoms with E-state index in [4.69, 9.17) is 14.5 Å². The molecule has 0 amide bonds. The SMILES string of the molecule is Cc1cc(Nc2cc(N3CCNCC3)nc(N3CCC[C@H]3c3cc(-c4ccccn4)no3)n2)n[nH]1. The molecule has 1 atom stereocenters. The molecule has 0 saturated carbocycles. The maximum atomic E-state index is 5.79. The maximum Gasteiger partial charge on any atom is 0.229 e. The van der Waals surface area contributed by atoms with Crippen LogP contribution in [-0.4, -0.2) is 63.0 Å². The summed E-state index contributed by atoms with van der Waals surface area (Å²) in [5.74, 6) is 3.83. The van der Waals surface area contributed by atoms with Gasteiger partial charge in [-0.2, -0.15) is 15.1 Å². The van der Waals surface area contributed by atoms with Crippen molar-refractivity contribution in [1.29, 1.82) is 0 Å². The van der Waals surface area contributed by atoms with E-state index in [2.05, 4.69) is 40.8 Å². The van der Waals surface area contributed by atoms with E-state index in [9.17, 15) is 0 Å². The molecule has 0 aliphatic carbocycles. The number of piperazine rings is 1. The average molecular weight is 473 g/mol. The molecule has 11 nitrogen and oxygen atoms in total. The van der Waals surface area contributed by atoms with E-state index in [1.54, 1.807) is 6.20 Å². The van der Waals surface area contributed by atoms with Gasteiger partial charge in [-0.3, -0.25) is 10.1 Å². The number of nitrogens with one attached hydrogen (secondary N) is 3. The van der Waals surface area contributed by atoms with Crippen LogP contribution in [0, 0.1) is 6.92 Å². The number of aromatic amines is 1. The molecule has 4 aromatic heterocycles. The normalized spacial score (nSPS) is 18.3. The van der Waals surface area contributed by atoms with E-state index >= 15 is 0 Å². The number of hydrogen-bond acceptors (Lipinski definition) is 10. The molecule has 0 bridgehead atoms. The number of pyridine rings is 1. The minimum atomic E-state index is 0.0127. The molecule has 180 valence electrons. The molecule has 2 saturated heterocycles. The van der Waals surface area contributed by atoms with Gasteiger partial charge >= 0.3 is 0 Å². The van der Waals surface area contributed by atoms with Gasteiger partial charge in [-0.15, -0.1) is 0 Å². The van der Waals surface area contributed by atoms with Crippen LogP contribution in [0.2, 0.25) is 0 Å². The van der Waals surface area contributed by atoms with Gasteiger partial charge in [0.05, 0.1) is 11.7 Å². The Hall–Kier alpha value is -3.99. The van der Waals surface area contributed by atoms with Crippen LogP contribution in [0.15, 0.2) is 47.1 Å². The Labute approximate surface area is 203 Å². The molecule has 3 N–H and O–H groups in total. The number of rotatable bonds is 6. The largest absolute Gasteiger partial charge is 0.358 e. The van der Waals surface area contributed by atoms with Crippen molar-refractivity contribution in [3.8, 4) is 11.4 Å². The van der Waals surface area contributed by atoms with Crippen molar-refractivity contribution in [1.82, 2.24) is 35.6 Å². The third-order valence-corrected chi connectivity index (χ3v) is 6.40. The lowest BCUT2D eigenvalue weighted by molar-refractivity contribution is 0.362. The third-order valence-electron chi connectivity index (χ3n) is 6.40. The first-order valence-corrected chi connectivity index (χ1v) is 12.0. The van der Waals surface area contributed by atoms with Gasteiger partial charge in [-0.05, 0) is 31.9 Å². The molecule has 2 aliphatic rings. The summed E-state index contributed by atoms with van der Waals surface area (Å²) in [5, 5.41) is 18.3. The number of nitrogens with zero attached hydrogens (tertiary/aromatic N) is 7. The smallest absolute Gasteiger partial charge is 0.229 e. The summed E-state index contributed by atoms with van der Waals surface area (Å²) in [6, 6.07) is 11.7. The van der Waals surface area contributed by atoms with Crippen LogP contribution < -0.4 is 20.4 Å². The summed E-state index contributed by atoms with van der Waals surface area (Å²) in [6.45, 7) is 6.48. The molecule has 35 heavy (non-hydrogen) atoms. The van der Waals surface area contributed by atoms with Gasteiger partial charge < -0.3 is 25.0 Å². The fourth-order valence-electron chi connectivity index (χ4n) is 4.67. The quantitative estimate of drug-likeness (QED) is 0.386. The van der Waals surface area contributed by atoms with E-state index in [0.29, 0.717) is 11.8 Å². The highest BCUT2D eigenvalue weighted by atomic mass is 16.5. The predicted octanol–water partition coefficient (Wildman–Crippen LogP) is 3.05. The standard InChI is InChI=1S/C24H28N10O/c1-16-13-22(31-30-16)27-21-15-23(33-11-8-25-9-12-33)29-24(28-21)34-10-4-6-19(34)20-14-18(32-35-20)17-5-2-3-7-26-17/h2-3,5,7,13-15,19,25H,4,6,8-12H2,1H3,(H2,27,28,29,30,31)/t19-/m0/s1. The molecule has 2 aliphatic heterocycles. The Morgan fingerprint density at radius 1 is 1.03 bits per heavy atom. The fraction of sp³-hybridized carbons (Fsp3) is 0.375. The van der Waals surface area contributed by atoms with Gasteiger partial charge in [0, 0.05) is 62.8 Å². The number of H-pyrrole nitrogens is 1. The number of aromatic nitrogens is 6. The molecule has 0 spiro atoms. The van der Waals surface area contributed by atoms with E-state index < -0.39 is 0 Å². The molecule has 2 fully saturated rings. The Balaban J connectivity index is 1.32. The van der Waals surface area contributed by atoms with Gasteiger partial charge in [0.1, 0.15) is 17.3 Å². The van der Waals surface area contributed by atoms with Crippen LogP contribution in [0.1, 0.15) is 30.3 Å². The Bertz CT molecular complexity index is 1280. The molecule has 4 aromatic rings. The third kappa shape index (κ3) is 4.54. The van der Waals surface area contributed by atoms with Gasteiger partial charge in [0.15, 0.2) is 11.6 Å². The van der Waals surface area contributed by atoms with Crippen molar-refractivity contribution in [3.05, 3.63) is 54.0 Å². The van der Waals surface area contributed by atoms with Gasteiger partial charge in [0.25, 0.3) is 0 Å². The lowest BCUT2D eigenvalue weighted by Gasteiger charge is -2.30. The topological polar surface area (TPSA) is 124 Å². The summed E-state index contributed by atoms with van der Waals surface area (Å²) in [7, 11) is 0. The Morgan fingerprint density at radius 3 is 2.74 bits per heavy atom. The average Bonchev–Trinajstić information content (AvgIpc) is 3.66. The first kappa shape index (κ1) is 21.5. The first-order chi connectivity index (χ1) is 17.2. The monoisotopic (exact) mass is 472 g/mol. The van der Waals surface area contributed by atoms with Crippen molar-refractivity contribution in [2.75, 3.05) is 47.8 Å². The molecule has 0 aromatic carbocycles. The minimum Gasteiger partial charge on any atom is -0.358 e. The molecule has 0 radical (unpaired) electrons. The first-order valence-electron chi connectivity index (χ1n) is 12.0. The lowest BCUT2D eigenvalue weighted by Crippen LogP contribution is -2.44. The summed E-state index contributed by atoms with van der Waals surface area (Å²) in [4.78, 5) is 18.8. The molecular weight excluding hydrogens is 444 g/mol. The van der Waals surface area contributed by atoms with Crippen LogP contribution in [0.3, 0.4) is 0 Å². The molecule has 6 heterocycles. The van der Waals surface area contributed by atoms with Crippen molar-refractivity contribution < 1.29 is 4.52 Å². The second-order valence-electron chi connectivity index (χ2n) is 8.89. The van der Waals surface area contributed by atoms with Crippen molar-refractivity contribution in [2.45, 2.75) is 25.8 Å². The number of aryl methyl sites for hydroxylation is 1. The van der Waals surface area contributed by atoms with Gasteiger partial charge in [0.2, 0.25) is 5.95 Å². The summed E-state index contributed by atoms with van der Waals surface area (Å²) in [6.07, 6.45) is 3.72. The zero-order valence-corrected chi connectivity index (χ0v) is 19.6. The van der Waals surface area contributed by atoms with Gasteiger partial charge in [-0.25, -0.2) is 0 Å². The zero-order valence-electron chi connectivity index (χ0n) is 19.6. The van der Waals surface area contributed by atoms with E-state index in [-0.39, 0.29) is 6.04 Å². The van der Waals surface area contributed by atoms with Crippen molar-refractivity contribution in [3.63, 3.8) is 0 Å². The highest BCUT2D eigenvalue weighted by molar-refractivity contribution is 5.61. The molecule has 11 heteroatoms. The van der Waals surface area contributed by atoms with Crippen LogP contribution >= 0.6 is 0 Å². The van der Waals surface area contributed by atoms with Crippen LogP contribution in [0.25, 0.3) is 11.4 Å². The predicted molar refractivity (Wildman–Crippen MR) is 133 cm³/mol. The van der Waals surface area contributed by atoms with Crippen molar-refractivity contribution >= 4 is 23.4 Å². The van der Waals surface area contributed by atoms with E-state index in [1.807, 2.05) is 43.3 Å². The second kappa shape index (κ2) is 9.34.